The molecular weight excluding hydrogens is 176 g/mol. The quantitative estimate of drug-likeness (QED) is 0.653. The van der Waals surface area contributed by atoms with Crippen LogP contribution in [0.5, 0.6) is 0 Å². The normalized spacial score (nSPS) is 12.1. The summed E-state index contributed by atoms with van der Waals surface area (Å²) >= 11 is 0. The van der Waals surface area contributed by atoms with Crippen LogP contribution < -0.4 is 0 Å². The first-order valence-corrected chi connectivity index (χ1v) is 5.51. The minimum atomic E-state index is -0.102. The first kappa shape index (κ1) is 15.9. The lowest BCUT2D eigenvalue weighted by Crippen LogP contribution is -2.18. The van der Waals surface area contributed by atoms with Crippen molar-refractivity contribution in [3.8, 4) is 0 Å². The second-order valence-corrected chi connectivity index (χ2v) is 4.54. The van der Waals surface area contributed by atoms with Crippen molar-refractivity contribution in [1.82, 2.24) is 0 Å². The van der Waals surface area contributed by atoms with Gasteiger partial charge in [-0.2, -0.15) is 0 Å². The number of carbonyl (C=O) groups excluding carboxylic acids is 1. The molecule has 1 atom stereocenters. The number of esters is 1. The average Bonchev–Trinajstić information content (AvgIpc) is 2.02. The molecule has 0 aromatic rings. The molecule has 0 saturated heterocycles. The molecule has 0 spiro atoms. The van der Waals surface area contributed by atoms with Crippen molar-refractivity contribution in [1.29, 1.82) is 0 Å². The van der Waals surface area contributed by atoms with Gasteiger partial charge in [0.2, 0.25) is 0 Å². The first-order chi connectivity index (χ1) is 6.31. The van der Waals surface area contributed by atoms with Crippen molar-refractivity contribution < 1.29 is 9.53 Å². The lowest BCUT2D eigenvalue weighted by molar-refractivity contribution is -0.152. The third-order valence-electron chi connectivity index (χ3n) is 1.36. The van der Waals surface area contributed by atoms with E-state index in [1.165, 1.54) is 0 Å². The largest absolute Gasteiger partial charge is 0.462 e. The Morgan fingerprint density at radius 2 is 1.43 bits per heavy atom. The molecule has 0 fully saturated rings. The zero-order valence-corrected chi connectivity index (χ0v) is 10.8. The van der Waals surface area contributed by atoms with Crippen molar-refractivity contribution in [2.45, 2.75) is 61.0 Å². The second-order valence-electron chi connectivity index (χ2n) is 4.54. The molecular formula is C12H26O2. The second kappa shape index (κ2) is 9.04. The molecule has 0 aliphatic carbocycles. The van der Waals surface area contributed by atoms with E-state index in [0.717, 1.165) is 12.3 Å². The highest BCUT2D eigenvalue weighted by Gasteiger charge is 2.10. The van der Waals surface area contributed by atoms with Gasteiger partial charge in [-0.25, -0.2) is 0 Å². The van der Waals surface area contributed by atoms with E-state index in [1.54, 1.807) is 0 Å². The van der Waals surface area contributed by atoms with Gasteiger partial charge in [0.1, 0.15) is 0 Å². The molecule has 0 aromatic heterocycles. The predicted molar refractivity (Wildman–Crippen MR) is 61.2 cm³/mol. The lowest BCUT2D eigenvalue weighted by Gasteiger charge is -2.11. The Morgan fingerprint density at radius 3 is 1.64 bits per heavy atom. The molecule has 0 N–H and O–H groups in total. The maximum absolute atomic E-state index is 10.9. The van der Waals surface area contributed by atoms with Gasteiger partial charge >= 0.3 is 5.97 Å². The van der Waals surface area contributed by atoms with Crippen molar-refractivity contribution in [3.63, 3.8) is 0 Å². The summed E-state index contributed by atoms with van der Waals surface area (Å²) in [4.78, 5) is 10.9. The van der Waals surface area contributed by atoms with Crippen LogP contribution in [0.25, 0.3) is 0 Å². The summed E-state index contributed by atoms with van der Waals surface area (Å²) in [6, 6.07) is 0. The molecule has 0 aliphatic heterocycles. The third kappa shape index (κ3) is 14.0. The summed E-state index contributed by atoms with van der Waals surface area (Å²) in [6.07, 6.45) is 0.952. The smallest absolute Gasteiger partial charge is 0.308 e. The molecule has 14 heavy (non-hydrogen) atoms. The van der Waals surface area contributed by atoms with E-state index in [-0.39, 0.29) is 18.0 Å². The van der Waals surface area contributed by atoms with Crippen molar-refractivity contribution in [2.75, 3.05) is 0 Å². The Kier molecular flexibility index (Phi) is 10.3. The molecule has 0 heterocycles. The Balaban J connectivity index is 0. The Bertz CT molecular complexity index is 137. The maximum atomic E-state index is 10.9. The highest BCUT2D eigenvalue weighted by atomic mass is 16.5. The molecule has 0 aromatic carbocycles. The fourth-order valence-electron chi connectivity index (χ4n) is 0.418. The van der Waals surface area contributed by atoms with E-state index in [9.17, 15) is 4.79 Å². The first-order valence-electron chi connectivity index (χ1n) is 5.51. The molecule has 2 heteroatoms. The fourth-order valence-corrected chi connectivity index (χ4v) is 0.418. The van der Waals surface area contributed by atoms with E-state index in [1.807, 2.05) is 27.7 Å². The van der Waals surface area contributed by atoms with Gasteiger partial charge in [0, 0.05) is 0 Å². The number of hydrogen-bond acceptors (Lipinski definition) is 2. The molecule has 0 bridgehead atoms. The van der Waals surface area contributed by atoms with Crippen LogP contribution >= 0.6 is 0 Å². The van der Waals surface area contributed by atoms with Crippen LogP contribution in [0.2, 0.25) is 0 Å². The highest BCUT2D eigenvalue weighted by molar-refractivity contribution is 5.71. The summed E-state index contributed by atoms with van der Waals surface area (Å²) in [5.41, 5.74) is 0. The van der Waals surface area contributed by atoms with E-state index < -0.39 is 0 Å². The topological polar surface area (TPSA) is 26.3 Å². The van der Waals surface area contributed by atoms with Crippen LogP contribution in [-0.4, -0.2) is 12.1 Å². The molecule has 0 aliphatic rings. The molecule has 0 radical (unpaired) electrons. The molecule has 0 amide bonds. The zero-order chi connectivity index (χ0) is 11.7. The number of ether oxygens (including phenoxy) is 1. The van der Waals surface area contributed by atoms with E-state index in [4.69, 9.17) is 4.74 Å². The lowest BCUT2D eigenvalue weighted by atomic mass is 10.2. The Morgan fingerprint density at radius 1 is 1.07 bits per heavy atom. The van der Waals surface area contributed by atoms with Gasteiger partial charge in [-0.1, -0.05) is 41.5 Å². The Hall–Kier alpha value is -0.530. The van der Waals surface area contributed by atoms with Crippen LogP contribution in [-0.2, 0) is 9.53 Å². The average molecular weight is 202 g/mol. The van der Waals surface area contributed by atoms with Crippen LogP contribution in [0, 0.1) is 11.8 Å². The van der Waals surface area contributed by atoms with Gasteiger partial charge in [0.25, 0.3) is 0 Å². The summed E-state index contributed by atoms with van der Waals surface area (Å²) < 4.78 is 5.02. The maximum Gasteiger partial charge on any atom is 0.308 e. The number of carbonyl (C=O) groups is 1. The number of hydrogen-bond donors (Lipinski definition) is 0. The third-order valence-corrected chi connectivity index (χ3v) is 1.36. The van der Waals surface area contributed by atoms with Gasteiger partial charge in [-0.15, -0.1) is 0 Å². The van der Waals surface area contributed by atoms with Gasteiger partial charge in [0.05, 0.1) is 12.0 Å². The van der Waals surface area contributed by atoms with E-state index in [2.05, 4.69) is 20.8 Å². The summed E-state index contributed by atoms with van der Waals surface area (Å²) in [5.74, 6) is 0.725. The van der Waals surface area contributed by atoms with Crippen molar-refractivity contribution in [3.05, 3.63) is 0 Å². The predicted octanol–water partition coefficient (Wildman–Crippen LogP) is 3.65. The fraction of sp³-hybridized carbons (Fsp3) is 0.917. The summed E-state index contributed by atoms with van der Waals surface area (Å²) in [7, 11) is 0. The number of rotatable bonds is 3. The minimum Gasteiger partial charge on any atom is -0.462 e. The molecule has 86 valence electrons. The van der Waals surface area contributed by atoms with Crippen LogP contribution in [0.1, 0.15) is 54.9 Å². The zero-order valence-electron chi connectivity index (χ0n) is 10.8. The van der Waals surface area contributed by atoms with Crippen molar-refractivity contribution in [2.24, 2.45) is 11.8 Å². The summed E-state index contributed by atoms with van der Waals surface area (Å²) in [5, 5.41) is 0. The van der Waals surface area contributed by atoms with Gasteiger partial charge < -0.3 is 4.74 Å². The molecule has 2 nitrogen and oxygen atoms in total. The summed E-state index contributed by atoms with van der Waals surface area (Å²) in [6.45, 7) is 14.1. The van der Waals surface area contributed by atoms with Gasteiger partial charge in [0.15, 0.2) is 0 Å². The van der Waals surface area contributed by atoms with E-state index >= 15 is 0 Å². The standard InChI is InChI=1S/C8H16O2.C4H10/c1-5-7(4)10-8(9)6(2)3;1-4(2)3/h6-7H,5H2,1-4H3;4H,1-3H3/t7-;/m1./s1. The molecule has 0 unspecified atom stereocenters. The van der Waals surface area contributed by atoms with Gasteiger partial charge in [-0.3, -0.25) is 4.79 Å². The SMILES string of the molecule is CC(C)C.CC[C@@H](C)OC(=O)C(C)C. The van der Waals surface area contributed by atoms with Gasteiger partial charge in [-0.05, 0) is 19.3 Å². The van der Waals surface area contributed by atoms with Crippen LogP contribution in [0.3, 0.4) is 0 Å². The monoisotopic (exact) mass is 202 g/mol. The minimum absolute atomic E-state index is 0.00556. The Labute approximate surface area is 89.0 Å². The molecule has 0 saturated carbocycles. The van der Waals surface area contributed by atoms with Crippen LogP contribution in [0.4, 0.5) is 0 Å². The van der Waals surface area contributed by atoms with Crippen LogP contribution in [0.15, 0.2) is 0 Å². The molecule has 0 rings (SSSR count). The highest BCUT2D eigenvalue weighted by Crippen LogP contribution is 2.02. The van der Waals surface area contributed by atoms with Crippen molar-refractivity contribution >= 4 is 5.97 Å². The van der Waals surface area contributed by atoms with E-state index in [0.29, 0.717) is 0 Å².